The fourth-order valence-corrected chi connectivity index (χ4v) is 4.01. The summed E-state index contributed by atoms with van der Waals surface area (Å²) in [5.74, 6) is -0.486. The lowest BCUT2D eigenvalue weighted by Crippen LogP contribution is -2.22. The number of aromatic nitrogens is 2. The molecule has 4 aromatic rings. The summed E-state index contributed by atoms with van der Waals surface area (Å²) < 4.78 is 47.6. The number of anilines is 2. The van der Waals surface area contributed by atoms with Gasteiger partial charge in [0.1, 0.15) is 17.2 Å². The molecule has 0 fully saturated rings. The van der Waals surface area contributed by atoms with Crippen LogP contribution in [0.1, 0.15) is 21.1 Å². The average molecular weight is 501 g/mol. The summed E-state index contributed by atoms with van der Waals surface area (Å²) in [6.07, 6.45) is -3.47. The molecular formula is C23H18F3N5O3S. The number of aryl methyl sites for hydroxylation is 1. The number of halogens is 3. The number of alkyl halides is 3. The number of carbonyl (C=O) groups excluding carboxylic acids is 2. The molecule has 3 amide bonds. The van der Waals surface area contributed by atoms with Crippen LogP contribution in [0.4, 0.5) is 29.3 Å². The van der Waals surface area contributed by atoms with Crippen LogP contribution in [0.15, 0.2) is 54.7 Å². The zero-order valence-corrected chi connectivity index (χ0v) is 19.2. The summed E-state index contributed by atoms with van der Waals surface area (Å²) in [7, 11) is 1.42. The molecule has 0 aliphatic rings. The number of fused-ring (bicyclic) bond motifs is 1. The number of benzene rings is 2. The van der Waals surface area contributed by atoms with Crippen molar-refractivity contribution in [3.63, 3.8) is 0 Å². The SMILES string of the molecule is CNC(=O)c1cc(Oc2ccc(NC(=O)Nc3ccc4sc(C)nc4c3)c(C(F)(F)F)c2)ccn1. The monoisotopic (exact) mass is 501 g/mol. The van der Waals surface area contributed by atoms with Crippen molar-refractivity contribution in [3.8, 4) is 11.5 Å². The molecule has 0 bridgehead atoms. The fraction of sp³-hybridized carbons (Fsp3) is 0.130. The van der Waals surface area contributed by atoms with Gasteiger partial charge in [-0.2, -0.15) is 13.2 Å². The van der Waals surface area contributed by atoms with E-state index in [0.29, 0.717) is 11.2 Å². The minimum atomic E-state index is -4.77. The molecule has 0 atom stereocenters. The molecule has 0 aliphatic heterocycles. The molecule has 0 aliphatic carbocycles. The van der Waals surface area contributed by atoms with Crippen LogP contribution in [-0.2, 0) is 6.18 Å². The van der Waals surface area contributed by atoms with Gasteiger partial charge < -0.3 is 20.7 Å². The summed E-state index contributed by atoms with van der Waals surface area (Å²) in [4.78, 5) is 32.4. The first-order chi connectivity index (χ1) is 16.6. The lowest BCUT2D eigenvalue weighted by atomic mass is 10.1. The predicted molar refractivity (Wildman–Crippen MR) is 126 cm³/mol. The van der Waals surface area contributed by atoms with Crippen LogP contribution in [0, 0.1) is 6.92 Å². The molecule has 0 unspecified atom stereocenters. The maximum absolute atomic E-state index is 13.7. The molecule has 2 aromatic carbocycles. The molecule has 8 nitrogen and oxygen atoms in total. The molecule has 0 saturated carbocycles. The Hall–Kier alpha value is -4.19. The Balaban J connectivity index is 1.53. The van der Waals surface area contributed by atoms with Crippen molar-refractivity contribution in [1.82, 2.24) is 15.3 Å². The Morgan fingerprint density at radius 2 is 1.77 bits per heavy atom. The summed E-state index contributed by atoms with van der Waals surface area (Å²) in [5.41, 5.74) is -0.441. The number of thiazole rings is 1. The highest BCUT2D eigenvalue weighted by Gasteiger charge is 2.34. The van der Waals surface area contributed by atoms with Gasteiger partial charge in [0.05, 0.1) is 26.5 Å². The maximum Gasteiger partial charge on any atom is 0.418 e. The molecule has 0 spiro atoms. The molecule has 0 saturated heterocycles. The lowest BCUT2D eigenvalue weighted by Gasteiger charge is -2.16. The number of amides is 3. The average Bonchev–Trinajstić information content (AvgIpc) is 3.18. The van der Waals surface area contributed by atoms with E-state index in [1.165, 1.54) is 42.8 Å². The molecule has 0 radical (unpaired) electrons. The number of pyridine rings is 1. The van der Waals surface area contributed by atoms with Gasteiger partial charge in [-0.3, -0.25) is 9.78 Å². The second kappa shape index (κ2) is 9.58. The van der Waals surface area contributed by atoms with Crippen molar-refractivity contribution in [3.05, 3.63) is 71.0 Å². The number of hydrogen-bond acceptors (Lipinski definition) is 6. The first kappa shape index (κ1) is 24.0. The number of carbonyl (C=O) groups is 2. The van der Waals surface area contributed by atoms with Gasteiger partial charge in [0.15, 0.2) is 0 Å². The summed E-state index contributed by atoms with van der Waals surface area (Å²) in [6, 6.07) is 10.0. The zero-order chi connectivity index (χ0) is 25.2. The van der Waals surface area contributed by atoms with Crippen LogP contribution < -0.4 is 20.7 Å². The Kier molecular flexibility index (Phi) is 6.56. The zero-order valence-electron chi connectivity index (χ0n) is 18.4. The summed E-state index contributed by atoms with van der Waals surface area (Å²) in [5, 5.41) is 8.01. The van der Waals surface area contributed by atoms with Crippen LogP contribution in [0.2, 0.25) is 0 Å². The molecule has 35 heavy (non-hydrogen) atoms. The smallest absolute Gasteiger partial charge is 0.418 e. The van der Waals surface area contributed by atoms with E-state index < -0.39 is 29.4 Å². The first-order valence-corrected chi connectivity index (χ1v) is 11.0. The van der Waals surface area contributed by atoms with E-state index in [0.717, 1.165) is 21.8 Å². The summed E-state index contributed by atoms with van der Waals surface area (Å²) >= 11 is 1.49. The minimum absolute atomic E-state index is 0.0435. The predicted octanol–water partition coefficient (Wildman–Crippen LogP) is 5.81. The van der Waals surface area contributed by atoms with Crippen molar-refractivity contribution in [2.75, 3.05) is 17.7 Å². The highest BCUT2D eigenvalue weighted by Crippen LogP contribution is 2.38. The number of nitrogens with one attached hydrogen (secondary N) is 3. The Bertz CT molecular complexity index is 1420. The van der Waals surface area contributed by atoms with Crippen molar-refractivity contribution >= 4 is 44.9 Å². The lowest BCUT2D eigenvalue weighted by molar-refractivity contribution is -0.137. The van der Waals surface area contributed by atoms with Gasteiger partial charge in [0, 0.05) is 25.0 Å². The van der Waals surface area contributed by atoms with Crippen molar-refractivity contribution in [1.29, 1.82) is 0 Å². The van der Waals surface area contributed by atoms with Crippen LogP contribution in [-0.4, -0.2) is 29.0 Å². The third-order valence-electron chi connectivity index (χ3n) is 4.72. The second-order valence-corrected chi connectivity index (χ2v) is 8.49. The number of nitrogens with zero attached hydrogens (tertiary/aromatic N) is 2. The van der Waals surface area contributed by atoms with Gasteiger partial charge in [0.25, 0.3) is 5.91 Å². The molecule has 12 heteroatoms. The van der Waals surface area contributed by atoms with Gasteiger partial charge in [-0.1, -0.05) is 0 Å². The van der Waals surface area contributed by atoms with E-state index in [1.807, 2.05) is 6.92 Å². The first-order valence-electron chi connectivity index (χ1n) is 10.1. The molecular weight excluding hydrogens is 483 g/mol. The van der Waals surface area contributed by atoms with Crippen LogP contribution in [0.5, 0.6) is 11.5 Å². The quantitative estimate of drug-likeness (QED) is 0.320. The fourth-order valence-electron chi connectivity index (χ4n) is 3.20. The molecule has 180 valence electrons. The van der Waals surface area contributed by atoms with Crippen LogP contribution in [0.25, 0.3) is 10.2 Å². The highest BCUT2D eigenvalue weighted by molar-refractivity contribution is 7.18. The topological polar surface area (TPSA) is 105 Å². The Morgan fingerprint density at radius 1 is 1.00 bits per heavy atom. The summed E-state index contributed by atoms with van der Waals surface area (Å²) in [6.45, 7) is 1.85. The van der Waals surface area contributed by atoms with Crippen LogP contribution in [0.3, 0.4) is 0 Å². The number of ether oxygens (including phenoxy) is 1. The highest BCUT2D eigenvalue weighted by atomic mass is 32.1. The molecule has 4 rings (SSSR count). The van der Waals surface area contributed by atoms with Crippen LogP contribution >= 0.6 is 11.3 Å². The van der Waals surface area contributed by atoms with Crippen molar-refractivity contribution < 1.29 is 27.5 Å². The van der Waals surface area contributed by atoms with Gasteiger partial charge in [-0.25, -0.2) is 9.78 Å². The number of urea groups is 1. The standard InChI is InChI=1S/C23H18F3N5O3S/c1-12-29-18-9-13(3-6-20(18)35-12)30-22(33)31-17-5-4-14(10-16(17)23(24,25)26)34-15-7-8-28-19(11-15)21(32)27-2/h3-11H,1-2H3,(H,27,32)(H2,30,31,33). The maximum atomic E-state index is 13.7. The normalized spacial score (nSPS) is 11.2. The van der Waals surface area contributed by atoms with Gasteiger partial charge in [-0.05, 0) is 49.4 Å². The number of rotatable bonds is 5. The molecule has 2 heterocycles. The van der Waals surface area contributed by atoms with E-state index in [1.54, 1.807) is 18.2 Å². The van der Waals surface area contributed by atoms with E-state index in [-0.39, 0.29) is 17.2 Å². The number of hydrogen-bond donors (Lipinski definition) is 3. The van der Waals surface area contributed by atoms with E-state index in [4.69, 9.17) is 4.74 Å². The molecule has 3 N–H and O–H groups in total. The van der Waals surface area contributed by atoms with Crippen molar-refractivity contribution in [2.24, 2.45) is 0 Å². The van der Waals surface area contributed by atoms with Crippen molar-refractivity contribution in [2.45, 2.75) is 13.1 Å². The third-order valence-corrected chi connectivity index (χ3v) is 5.68. The molecule has 2 aromatic heterocycles. The van der Waals surface area contributed by atoms with E-state index in [9.17, 15) is 22.8 Å². The van der Waals surface area contributed by atoms with Gasteiger partial charge >= 0.3 is 12.2 Å². The Labute approximate surface area is 201 Å². The second-order valence-electron chi connectivity index (χ2n) is 7.26. The van der Waals surface area contributed by atoms with E-state index in [2.05, 4.69) is 25.9 Å². The van der Waals surface area contributed by atoms with Gasteiger partial charge in [-0.15, -0.1) is 11.3 Å². The van der Waals surface area contributed by atoms with E-state index >= 15 is 0 Å². The minimum Gasteiger partial charge on any atom is -0.457 e. The largest absolute Gasteiger partial charge is 0.457 e. The third kappa shape index (κ3) is 5.66. The van der Waals surface area contributed by atoms with Gasteiger partial charge in [0.2, 0.25) is 0 Å². The Morgan fingerprint density at radius 3 is 2.51 bits per heavy atom.